The number of hydrogen-bond donors (Lipinski definition) is 1. The molecule has 9 heteroatoms. The van der Waals surface area contributed by atoms with Crippen LogP contribution in [0, 0.1) is 10.1 Å². The fourth-order valence-corrected chi connectivity index (χ4v) is 1.78. The molecular formula is C12H11F3N4O2. The predicted molar refractivity (Wildman–Crippen MR) is 68.6 cm³/mol. The van der Waals surface area contributed by atoms with Gasteiger partial charge in [0.25, 0.3) is 5.69 Å². The largest absolute Gasteiger partial charge is 0.423 e. The molecule has 112 valence electrons. The van der Waals surface area contributed by atoms with Crippen molar-refractivity contribution in [2.75, 3.05) is 5.32 Å². The van der Waals surface area contributed by atoms with E-state index in [0.29, 0.717) is 5.69 Å². The van der Waals surface area contributed by atoms with Crippen LogP contribution < -0.4 is 5.32 Å². The minimum absolute atomic E-state index is 0.138. The summed E-state index contributed by atoms with van der Waals surface area (Å²) in [5.41, 5.74) is -1.47. The summed E-state index contributed by atoms with van der Waals surface area (Å²) in [6.07, 6.45) is -3.08. The van der Waals surface area contributed by atoms with Crippen LogP contribution in [0.5, 0.6) is 0 Å². The van der Waals surface area contributed by atoms with Crippen molar-refractivity contribution in [2.45, 2.75) is 12.7 Å². The van der Waals surface area contributed by atoms with Crippen molar-refractivity contribution >= 4 is 11.4 Å². The number of nitrogens with zero attached hydrogens (tertiary/aromatic N) is 3. The van der Waals surface area contributed by atoms with Gasteiger partial charge in [-0.1, -0.05) is 0 Å². The molecule has 2 rings (SSSR count). The van der Waals surface area contributed by atoms with Crippen molar-refractivity contribution in [2.24, 2.45) is 7.05 Å². The van der Waals surface area contributed by atoms with Crippen molar-refractivity contribution in [3.63, 3.8) is 0 Å². The predicted octanol–water partition coefficient (Wildman–Crippen LogP) is 2.96. The monoisotopic (exact) mass is 300 g/mol. The van der Waals surface area contributed by atoms with Crippen molar-refractivity contribution in [3.8, 4) is 0 Å². The van der Waals surface area contributed by atoms with Gasteiger partial charge in [-0.3, -0.25) is 14.8 Å². The van der Waals surface area contributed by atoms with Crippen LogP contribution in [-0.2, 0) is 19.8 Å². The van der Waals surface area contributed by atoms with Gasteiger partial charge < -0.3 is 5.32 Å². The molecule has 0 aliphatic rings. The van der Waals surface area contributed by atoms with E-state index in [0.717, 1.165) is 12.1 Å². The molecule has 2 aromatic rings. The van der Waals surface area contributed by atoms with E-state index in [4.69, 9.17) is 0 Å². The molecule has 0 fully saturated rings. The molecule has 0 atom stereocenters. The van der Waals surface area contributed by atoms with Gasteiger partial charge in [-0.2, -0.15) is 18.3 Å². The second-order valence-electron chi connectivity index (χ2n) is 4.32. The number of hydrogen-bond acceptors (Lipinski definition) is 4. The Morgan fingerprint density at radius 2 is 2.10 bits per heavy atom. The topological polar surface area (TPSA) is 73.0 Å². The van der Waals surface area contributed by atoms with E-state index in [-0.39, 0.29) is 12.2 Å². The molecule has 21 heavy (non-hydrogen) atoms. The number of anilines is 1. The second kappa shape index (κ2) is 5.43. The fraction of sp³-hybridized carbons (Fsp3) is 0.250. The third-order valence-corrected chi connectivity index (χ3v) is 2.74. The van der Waals surface area contributed by atoms with Gasteiger partial charge >= 0.3 is 6.18 Å². The Balaban J connectivity index is 2.23. The molecule has 0 aliphatic heterocycles. The van der Waals surface area contributed by atoms with Crippen LogP contribution in [0.1, 0.15) is 11.3 Å². The van der Waals surface area contributed by atoms with E-state index in [9.17, 15) is 23.3 Å². The number of benzene rings is 1. The number of rotatable bonds is 4. The van der Waals surface area contributed by atoms with Gasteiger partial charge in [0.1, 0.15) is 5.56 Å². The summed E-state index contributed by atoms with van der Waals surface area (Å²) in [5.74, 6) is 0. The fourth-order valence-electron chi connectivity index (χ4n) is 1.78. The van der Waals surface area contributed by atoms with Gasteiger partial charge in [0.15, 0.2) is 0 Å². The Morgan fingerprint density at radius 3 is 2.62 bits per heavy atom. The highest BCUT2D eigenvalue weighted by Gasteiger charge is 2.38. The minimum Gasteiger partial charge on any atom is -0.379 e. The summed E-state index contributed by atoms with van der Waals surface area (Å²) in [7, 11) is 1.72. The molecule has 1 heterocycles. The molecule has 1 N–H and O–H groups in total. The number of alkyl halides is 3. The van der Waals surface area contributed by atoms with Crippen molar-refractivity contribution < 1.29 is 18.1 Å². The molecule has 0 bridgehead atoms. The van der Waals surface area contributed by atoms with Gasteiger partial charge in [-0.05, 0) is 18.2 Å². The molecule has 6 nitrogen and oxygen atoms in total. The Labute approximate surface area is 117 Å². The zero-order chi connectivity index (χ0) is 15.6. The number of nitro groups is 1. The summed E-state index contributed by atoms with van der Waals surface area (Å²) < 4.78 is 40.0. The third-order valence-electron chi connectivity index (χ3n) is 2.74. The van der Waals surface area contributed by atoms with Gasteiger partial charge in [0, 0.05) is 25.0 Å². The molecule has 0 unspecified atom stereocenters. The lowest BCUT2D eigenvalue weighted by molar-refractivity contribution is -0.388. The number of aryl methyl sites for hydroxylation is 1. The van der Waals surface area contributed by atoms with Crippen molar-refractivity contribution in [1.29, 1.82) is 0 Å². The zero-order valence-electron chi connectivity index (χ0n) is 10.9. The van der Waals surface area contributed by atoms with Gasteiger partial charge in [0.05, 0.1) is 17.2 Å². The van der Waals surface area contributed by atoms with Crippen molar-refractivity contribution in [1.82, 2.24) is 9.78 Å². The minimum atomic E-state index is -4.79. The Bertz CT molecular complexity index is 667. The molecule has 0 saturated heterocycles. The molecule has 1 aromatic heterocycles. The van der Waals surface area contributed by atoms with E-state index < -0.39 is 22.4 Å². The maximum absolute atomic E-state index is 12.8. The molecule has 0 aliphatic carbocycles. The molecule has 0 radical (unpaired) electrons. The van der Waals surface area contributed by atoms with E-state index in [1.54, 1.807) is 24.0 Å². The third kappa shape index (κ3) is 3.50. The average Bonchev–Trinajstić information content (AvgIpc) is 2.81. The molecule has 1 aromatic carbocycles. The van der Waals surface area contributed by atoms with Crippen LogP contribution in [0.3, 0.4) is 0 Å². The summed E-state index contributed by atoms with van der Waals surface area (Å²) in [6, 6.07) is 4.50. The maximum Gasteiger partial charge on any atom is 0.423 e. The van der Waals surface area contributed by atoms with E-state index in [1.807, 2.05) is 0 Å². The smallest absolute Gasteiger partial charge is 0.379 e. The van der Waals surface area contributed by atoms with Crippen LogP contribution in [-0.4, -0.2) is 14.7 Å². The molecule has 0 saturated carbocycles. The Kier molecular flexibility index (Phi) is 3.83. The SMILES string of the molecule is Cn1ccc(CNc2ccc([N+](=O)[O-])c(C(F)(F)F)c2)n1. The Morgan fingerprint density at radius 1 is 1.38 bits per heavy atom. The number of nitrogens with one attached hydrogen (secondary N) is 1. The zero-order valence-corrected chi connectivity index (χ0v) is 10.9. The molecule has 0 spiro atoms. The first-order valence-corrected chi connectivity index (χ1v) is 5.85. The molecule has 0 amide bonds. The van der Waals surface area contributed by atoms with E-state index in [1.165, 1.54) is 6.07 Å². The van der Waals surface area contributed by atoms with Crippen LogP contribution in [0.25, 0.3) is 0 Å². The van der Waals surface area contributed by atoms with Gasteiger partial charge in [-0.15, -0.1) is 0 Å². The normalized spacial score (nSPS) is 11.4. The highest BCUT2D eigenvalue weighted by atomic mass is 19.4. The van der Waals surface area contributed by atoms with Crippen LogP contribution >= 0.6 is 0 Å². The average molecular weight is 300 g/mol. The second-order valence-corrected chi connectivity index (χ2v) is 4.32. The lowest BCUT2D eigenvalue weighted by Gasteiger charge is -2.10. The van der Waals surface area contributed by atoms with Crippen LogP contribution in [0.2, 0.25) is 0 Å². The first kappa shape index (κ1) is 14.8. The first-order valence-electron chi connectivity index (χ1n) is 5.85. The standard InChI is InChI=1S/C12H11F3N4O2/c1-18-5-4-9(17-18)7-16-8-2-3-11(19(20)21)10(6-8)12(13,14)15/h2-6,16H,7H2,1H3. The Hall–Kier alpha value is -2.58. The number of aromatic nitrogens is 2. The first-order chi connectivity index (χ1) is 9.77. The van der Waals surface area contributed by atoms with Gasteiger partial charge in [-0.25, -0.2) is 0 Å². The van der Waals surface area contributed by atoms with Crippen LogP contribution in [0.15, 0.2) is 30.5 Å². The lowest BCUT2D eigenvalue weighted by atomic mass is 10.1. The van der Waals surface area contributed by atoms with Crippen LogP contribution in [0.4, 0.5) is 24.5 Å². The van der Waals surface area contributed by atoms with E-state index >= 15 is 0 Å². The maximum atomic E-state index is 12.8. The highest BCUT2D eigenvalue weighted by Crippen LogP contribution is 2.37. The number of nitro benzene ring substituents is 1. The van der Waals surface area contributed by atoms with Crippen molar-refractivity contribution in [3.05, 3.63) is 51.8 Å². The summed E-state index contributed by atoms with van der Waals surface area (Å²) >= 11 is 0. The lowest BCUT2D eigenvalue weighted by Crippen LogP contribution is -2.10. The quantitative estimate of drug-likeness (QED) is 0.696. The summed E-state index contributed by atoms with van der Waals surface area (Å²) in [4.78, 5) is 9.58. The molecular weight excluding hydrogens is 289 g/mol. The summed E-state index contributed by atoms with van der Waals surface area (Å²) in [5, 5.41) is 17.5. The van der Waals surface area contributed by atoms with Gasteiger partial charge in [0.2, 0.25) is 0 Å². The van der Waals surface area contributed by atoms with E-state index in [2.05, 4.69) is 10.4 Å². The number of halogens is 3. The highest BCUT2D eigenvalue weighted by molar-refractivity contribution is 5.55. The summed E-state index contributed by atoms with van der Waals surface area (Å²) in [6.45, 7) is 0.218.